The van der Waals surface area contributed by atoms with Gasteiger partial charge in [-0.05, 0) is 54.3 Å². The molecule has 2 aromatic heterocycles. The SMILES string of the molecule is CC(C)C(c1nc(-c2cccc(Br)c2)cn1Cc1ccccc1)N(CCCNc1ccc(C#N)cn1)C(=O)c1ccccc1. The summed E-state index contributed by atoms with van der Waals surface area (Å²) in [5.74, 6) is 1.61. The standard InChI is InChI=1S/C36H35BrN6O/c1-26(2)34(35-41-32(30-15-9-16-31(37)21-30)25-42(35)24-27-11-5-3-6-12-27)43(36(44)29-13-7-4-8-14-29)20-10-19-39-33-18-17-28(22-38)23-40-33/h3-9,11-18,21,23,25-26,34H,10,19-20,24H2,1-2H3,(H,39,40). The van der Waals surface area contributed by atoms with Crippen molar-refractivity contribution >= 4 is 27.7 Å². The van der Waals surface area contributed by atoms with Crippen LogP contribution in [0, 0.1) is 17.2 Å². The Balaban J connectivity index is 1.50. The molecule has 0 spiro atoms. The minimum Gasteiger partial charge on any atom is -0.370 e. The zero-order valence-electron chi connectivity index (χ0n) is 24.9. The van der Waals surface area contributed by atoms with Crippen LogP contribution in [0.3, 0.4) is 0 Å². The monoisotopic (exact) mass is 646 g/mol. The van der Waals surface area contributed by atoms with Gasteiger partial charge in [-0.2, -0.15) is 5.26 Å². The number of nitrogens with zero attached hydrogens (tertiary/aromatic N) is 5. The number of aromatic nitrogens is 3. The normalized spacial score (nSPS) is 11.6. The zero-order valence-corrected chi connectivity index (χ0v) is 26.5. The molecule has 222 valence electrons. The van der Waals surface area contributed by atoms with Crippen LogP contribution in [0.5, 0.6) is 0 Å². The molecule has 1 unspecified atom stereocenters. The second-order valence-corrected chi connectivity index (χ2v) is 11.9. The van der Waals surface area contributed by atoms with Crippen molar-refractivity contribution in [3.05, 3.63) is 136 Å². The van der Waals surface area contributed by atoms with E-state index in [-0.39, 0.29) is 17.9 Å². The van der Waals surface area contributed by atoms with Gasteiger partial charge in [0.25, 0.3) is 5.91 Å². The van der Waals surface area contributed by atoms with Crippen molar-refractivity contribution in [3.63, 3.8) is 0 Å². The third-order valence-electron chi connectivity index (χ3n) is 7.41. The van der Waals surface area contributed by atoms with E-state index < -0.39 is 0 Å². The van der Waals surface area contributed by atoms with Gasteiger partial charge in [0.2, 0.25) is 0 Å². The molecule has 0 aliphatic carbocycles. The first-order valence-corrected chi connectivity index (χ1v) is 15.5. The van der Waals surface area contributed by atoms with Gasteiger partial charge in [0.05, 0.1) is 17.3 Å². The van der Waals surface area contributed by atoms with Crippen LogP contribution in [0.15, 0.2) is 114 Å². The van der Waals surface area contributed by atoms with Crippen molar-refractivity contribution in [2.24, 2.45) is 5.92 Å². The Bertz CT molecular complexity index is 1710. The molecule has 0 saturated heterocycles. The average molecular weight is 648 g/mol. The fourth-order valence-corrected chi connectivity index (χ4v) is 5.70. The number of carbonyl (C=O) groups excluding carboxylic acids is 1. The van der Waals surface area contributed by atoms with E-state index in [9.17, 15) is 4.79 Å². The lowest BCUT2D eigenvalue weighted by Crippen LogP contribution is -2.40. The molecule has 1 amide bonds. The Morgan fingerprint density at radius 3 is 2.41 bits per heavy atom. The molecule has 0 aliphatic rings. The molecule has 0 aliphatic heterocycles. The fourth-order valence-electron chi connectivity index (χ4n) is 5.30. The maximum Gasteiger partial charge on any atom is 0.254 e. The molecule has 8 heteroatoms. The van der Waals surface area contributed by atoms with Gasteiger partial charge in [0, 0.05) is 47.6 Å². The van der Waals surface area contributed by atoms with Crippen molar-refractivity contribution in [2.45, 2.75) is 32.9 Å². The number of halogens is 1. The van der Waals surface area contributed by atoms with E-state index in [1.807, 2.05) is 65.6 Å². The summed E-state index contributed by atoms with van der Waals surface area (Å²) < 4.78 is 3.18. The maximum atomic E-state index is 14.2. The predicted molar refractivity (Wildman–Crippen MR) is 178 cm³/mol. The Kier molecular flexibility index (Phi) is 10.2. The maximum absolute atomic E-state index is 14.2. The van der Waals surface area contributed by atoms with Crippen molar-refractivity contribution < 1.29 is 4.79 Å². The number of anilines is 1. The van der Waals surface area contributed by atoms with Crippen LogP contribution < -0.4 is 5.32 Å². The number of nitrogens with one attached hydrogen (secondary N) is 1. The van der Waals surface area contributed by atoms with E-state index in [4.69, 9.17) is 10.2 Å². The van der Waals surface area contributed by atoms with Gasteiger partial charge in [-0.15, -0.1) is 0 Å². The lowest BCUT2D eigenvalue weighted by Gasteiger charge is -2.35. The fraction of sp³-hybridized carbons (Fsp3) is 0.222. The van der Waals surface area contributed by atoms with Crippen LogP contribution in [-0.2, 0) is 6.54 Å². The van der Waals surface area contributed by atoms with Gasteiger partial charge in [-0.25, -0.2) is 9.97 Å². The third kappa shape index (κ3) is 7.61. The molecule has 7 nitrogen and oxygen atoms in total. The second kappa shape index (κ2) is 14.6. The average Bonchev–Trinajstić information content (AvgIpc) is 3.46. The van der Waals surface area contributed by atoms with Crippen molar-refractivity contribution in [2.75, 3.05) is 18.4 Å². The summed E-state index contributed by atoms with van der Waals surface area (Å²) in [4.78, 5) is 25.7. The van der Waals surface area contributed by atoms with Crippen LogP contribution in [0.4, 0.5) is 5.82 Å². The summed E-state index contributed by atoms with van der Waals surface area (Å²) in [6.45, 7) is 6.07. The zero-order chi connectivity index (χ0) is 30.9. The summed E-state index contributed by atoms with van der Waals surface area (Å²) in [5.41, 5.74) is 4.20. The molecule has 0 saturated carbocycles. The van der Waals surface area contributed by atoms with Gasteiger partial charge in [0.15, 0.2) is 0 Å². The third-order valence-corrected chi connectivity index (χ3v) is 7.90. The summed E-state index contributed by atoms with van der Waals surface area (Å²) in [6, 6.07) is 33.3. The summed E-state index contributed by atoms with van der Waals surface area (Å²) >= 11 is 3.61. The molecule has 44 heavy (non-hydrogen) atoms. The van der Waals surface area contributed by atoms with Crippen molar-refractivity contribution in [1.82, 2.24) is 19.4 Å². The molecule has 5 aromatic rings. The minimum absolute atomic E-state index is 0.0286. The van der Waals surface area contributed by atoms with Crippen LogP contribution >= 0.6 is 15.9 Å². The molecule has 1 N–H and O–H groups in total. The molecule has 0 radical (unpaired) electrons. The highest BCUT2D eigenvalue weighted by molar-refractivity contribution is 9.10. The molecule has 5 rings (SSSR count). The first-order valence-electron chi connectivity index (χ1n) is 14.8. The molecule has 0 fully saturated rings. The van der Waals surface area contributed by atoms with Crippen LogP contribution in [0.25, 0.3) is 11.3 Å². The molecule has 1 atom stereocenters. The first kappa shape index (κ1) is 30.7. The van der Waals surface area contributed by atoms with E-state index in [0.717, 1.165) is 27.1 Å². The topological polar surface area (TPSA) is 86.8 Å². The van der Waals surface area contributed by atoms with Gasteiger partial charge < -0.3 is 14.8 Å². The number of nitriles is 1. The predicted octanol–water partition coefficient (Wildman–Crippen LogP) is 7.97. The highest BCUT2D eigenvalue weighted by Gasteiger charge is 2.32. The number of benzene rings is 3. The van der Waals surface area contributed by atoms with Crippen LogP contribution in [0.2, 0.25) is 0 Å². The lowest BCUT2D eigenvalue weighted by atomic mass is 9.99. The van der Waals surface area contributed by atoms with E-state index in [0.29, 0.717) is 43.0 Å². The molecular formula is C36H35BrN6O. The minimum atomic E-state index is -0.277. The highest BCUT2D eigenvalue weighted by atomic mass is 79.9. The van der Waals surface area contributed by atoms with E-state index in [1.165, 1.54) is 0 Å². The Labute approximate surface area is 267 Å². The van der Waals surface area contributed by atoms with Gasteiger partial charge in [0.1, 0.15) is 17.7 Å². The number of hydrogen-bond donors (Lipinski definition) is 1. The Morgan fingerprint density at radius 2 is 1.75 bits per heavy atom. The van der Waals surface area contributed by atoms with Crippen molar-refractivity contribution in [1.29, 1.82) is 5.26 Å². The van der Waals surface area contributed by atoms with Gasteiger partial charge in [-0.3, -0.25) is 4.79 Å². The number of imidazole rings is 1. The van der Waals surface area contributed by atoms with Crippen molar-refractivity contribution in [3.8, 4) is 17.3 Å². The lowest BCUT2D eigenvalue weighted by molar-refractivity contribution is 0.0605. The van der Waals surface area contributed by atoms with E-state index >= 15 is 0 Å². The Morgan fingerprint density at radius 1 is 1.00 bits per heavy atom. The molecular weight excluding hydrogens is 612 g/mol. The number of rotatable bonds is 12. The number of hydrogen-bond acceptors (Lipinski definition) is 5. The van der Waals surface area contributed by atoms with Gasteiger partial charge in [-0.1, -0.05) is 90.4 Å². The highest BCUT2D eigenvalue weighted by Crippen LogP contribution is 2.33. The molecule has 0 bridgehead atoms. The van der Waals surface area contributed by atoms with Crippen LogP contribution in [-0.4, -0.2) is 38.4 Å². The van der Waals surface area contributed by atoms with E-state index in [1.54, 1.807) is 18.3 Å². The summed E-state index contributed by atoms with van der Waals surface area (Å²) in [6.07, 6.45) is 4.35. The van der Waals surface area contributed by atoms with Crippen LogP contribution in [0.1, 0.15) is 53.6 Å². The number of carbonyl (C=O) groups is 1. The molecule has 2 heterocycles. The summed E-state index contributed by atoms with van der Waals surface area (Å²) in [5, 5.41) is 12.4. The van der Waals surface area contributed by atoms with Gasteiger partial charge >= 0.3 is 0 Å². The second-order valence-electron chi connectivity index (χ2n) is 11.0. The first-order chi connectivity index (χ1) is 21.4. The molecule has 3 aromatic carbocycles. The Hall–Kier alpha value is -4.74. The smallest absolute Gasteiger partial charge is 0.254 e. The summed E-state index contributed by atoms with van der Waals surface area (Å²) in [7, 11) is 0. The number of amides is 1. The van der Waals surface area contributed by atoms with E-state index in [2.05, 4.69) is 81.2 Å². The quantitative estimate of drug-likeness (QED) is 0.139. The largest absolute Gasteiger partial charge is 0.370 e. The number of pyridine rings is 1.